The van der Waals surface area contributed by atoms with Crippen LogP contribution in [-0.4, -0.2) is 15.6 Å². The van der Waals surface area contributed by atoms with E-state index in [0.29, 0.717) is 0 Å². The Kier molecular flexibility index (Phi) is 2.49. The summed E-state index contributed by atoms with van der Waals surface area (Å²) in [6, 6.07) is 6.00. The van der Waals surface area contributed by atoms with Gasteiger partial charge in [0.05, 0.1) is 10.9 Å². The highest BCUT2D eigenvalue weighted by Gasteiger charge is 2.32. The van der Waals surface area contributed by atoms with Crippen LogP contribution >= 0.6 is 0 Å². The number of carboxylic acid groups (broad SMARTS) is 1. The monoisotopic (exact) mass is 231 g/mol. The molecule has 0 saturated heterocycles. The van der Waals surface area contributed by atoms with Crippen molar-refractivity contribution < 1.29 is 9.90 Å². The van der Waals surface area contributed by atoms with E-state index in [-0.39, 0.29) is 0 Å². The van der Waals surface area contributed by atoms with Gasteiger partial charge in [-0.3, -0.25) is 4.79 Å². The summed E-state index contributed by atoms with van der Waals surface area (Å²) in [4.78, 5) is 11.4. The molecule has 1 heterocycles. The molecule has 2 aromatic rings. The van der Waals surface area contributed by atoms with Crippen molar-refractivity contribution in [2.75, 3.05) is 0 Å². The van der Waals surface area contributed by atoms with E-state index >= 15 is 0 Å². The molecule has 0 radical (unpaired) electrons. The van der Waals surface area contributed by atoms with E-state index in [1.165, 1.54) is 0 Å². The number of carboxylic acids is 1. The van der Waals surface area contributed by atoms with Gasteiger partial charge in [-0.05, 0) is 31.9 Å². The van der Waals surface area contributed by atoms with Crippen molar-refractivity contribution in [1.29, 1.82) is 0 Å². The molecule has 0 aliphatic heterocycles. The summed E-state index contributed by atoms with van der Waals surface area (Å²) >= 11 is 0. The number of hydrogen-bond donors (Lipinski definition) is 1. The molecule has 0 atom stereocenters. The molecule has 3 nitrogen and oxygen atoms in total. The highest BCUT2D eigenvalue weighted by atomic mass is 16.4. The van der Waals surface area contributed by atoms with Crippen LogP contribution in [-0.2, 0) is 17.3 Å². The first-order valence-electron chi connectivity index (χ1n) is 5.64. The number of aryl methyl sites for hydroxylation is 2. The Morgan fingerprint density at radius 2 is 2.00 bits per heavy atom. The van der Waals surface area contributed by atoms with Gasteiger partial charge in [-0.1, -0.05) is 18.2 Å². The first-order chi connectivity index (χ1) is 7.85. The molecule has 90 valence electrons. The Hall–Kier alpha value is -1.77. The predicted molar refractivity (Wildman–Crippen MR) is 68.3 cm³/mol. The molecule has 1 aromatic carbocycles. The van der Waals surface area contributed by atoms with Crippen molar-refractivity contribution in [2.45, 2.75) is 26.2 Å². The summed E-state index contributed by atoms with van der Waals surface area (Å²) in [6.45, 7) is 5.53. The van der Waals surface area contributed by atoms with Gasteiger partial charge in [0.25, 0.3) is 0 Å². The lowest BCUT2D eigenvalue weighted by Crippen LogP contribution is -2.28. The third-order valence-corrected chi connectivity index (χ3v) is 3.41. The quantitative estimate of drug-likeness (QED) is 0.863. The zero-order valence-corrected chi connectivity index (χ0v) is 10.6. The van der Waals surface area contributed by atoms with E-state index in [1.54, 1.807) is 13.8 Å². The third-order valence-electron chi connectivity index (χ3n) is 3.41. The Morgan fingerprint density at radius 1 is 1.35 bits per heavy atom. The number of aliphatic carboxylic acids is 1. The van der Waals surface area contributed by atoms with Gasteiger partial charge in [-0.25, -0.2) is 0 Å². The number of para-hydroxylation sites is 1. The number of rotatable bonds is 2. The molecule has 0 aliphatic carbocycles. The van der Waals surface area contributed by atoms with Crippen LogP contribution in [0.25, 0.3) is 10.9 Å². The molecule has 0 fully saturated rings. The third kappa shape index (κ3) is 1.62. The van der Waals surface area contributed by atoms with Crippen LogP contribution in [0.5, 0.6) is 0 Å². The number of carbonyl (C=O) groups is 1. The van der Waals surface area contributed by atoms with Gasteiger partial charge in [0.2, 0.25) is 0 Å². The summed E-state index contributed by atoms with van der Waals surface area (Å²) in [5.74, 6) is -0.800. The lowest BCUT2D eigenvalue weighted by Gasteiger charge is -2.18. The van der Waals surface area contributed by atoms with Crippen molar-refractivity contribution in [1.82, 2.24) is 4.57 Å². The molecule has 0 spiro atoms. The van der Waals surface area contributed by atoms with E-state index in [1.807, 2.05) is 42.9 Å². The molecule has 0 saturated carbocycles. The second-order valence-electron chi connectivity index (χ2n) is 5.05. The van der Waals surface area contributed by atoms with Crippen LogP contribution in [0.15, 0.2) is 24.4 Å². The Bertz CT molecular complexity index is 594. The Balaban J connectivity index is 2.81. The van der Waals surface area contributed by atoms with Crippen LogP contribution in [0.2, 0.25) is 0 Å². The molecule has 0 amide bonds. The zero-order chi connectivity index (χ0) is 12.8. The summed E-state index contributed by atoms with van der Waals surface area (Å²) in [6.07, 6.45) is 1.92. The van der Waals surface area contributed by atoms with Crippen molar-refractivity contribution >= 4 is 16.9 Å². The maximum atomic E-state index is 11.4. The van der Waals surface area contributed by atoms with E-state index in [9.17, 15) is 9.90 Å². The van der Waals surface area contributed by atoms with Gasteiger partial charge in [-0.2, -0.15) is 0 Å². The minimum absolute atomic E-state index is 0.800. The fourth-order valence-corrected chi connectivity index (χ4v) is 2.29. The molecule has 1 aromatic heterocycles. The van der Waals surface area contributed by atoms with Gasteiger partial charge >= 0.3 is 5.97 Å². The molecule has 0 unspecified atom stereocenters. The molecule has 3 heteroatoms. The minimum atomic E-state index is -0.868. The highest BCUT2D eigenvalue weighted by molar-refractivity contribution is 5.93. The Labute approximate surface area is 101 Å². The van der Waals surface area contributed by atoms with Gasteiger partial charge in [0.15, 0.2) is 0 Å². The maximum Gasteiger partial charge on any atom is 0.313 e. The van der Waals surface area contributed by atoms with Crippen LogP contribution < -0.4 is 0 Å². The van der Waals surface area contributed by atoms with E-state index in [0.717, 1.165) is 22.0 Å². The maximum absolute atomic E-state index is 11.4. The normalized spacial score (nSPS) is 12.0. The smallest absolute Gasteiger partial charge is 0.313 e. The average molecular weight is 231 g/mol. The summed E-state index contributed by atoms with van der Waals surface area (Å²) < 4.78 is 2.00. The van der Waals surface area contributed by atoms with E-state index in [2.05, 4.69) is 0 Å². The predicted octanol–water partition coefficient (Wildman–Crippen LogP) is 2.85. The van der Waals surface area contributed by atoms with E-state index in [4.69, 9.17) is 0 Å². The molecule has 2 rings (SSSR count). The number of benzene rings is 1. The molecule has 0 aliphatic rings. The van der Waals surface area contributed by atoms with Crippen LogP contribution in [0.3, 0.4) is 0 Å². The fourth-order valence-electron chi connectivity index (χ4n) is 2.29. The highest BCUT2D eigenvalue weighted by Crippen LogP contribution is 2.33. The van der Waals surface area contributed by atoms with E-state index < -0.39 is 11.4 Å². The standard InChI is InChI=1S/C14H17NO2/c1-9-6-5-7-10-11(8-15(4)12(9)10)14(2,3)13(16)17/h5-8H,1-4H3,(H,16,17). The average Bonchev–Trinajstić information content (AvgIpc) is 2.58. The van der Waals surface area contributed by atoms with Gasteiger partial charge in [-0.15, -0.1) is 0 Å². The summed E-state index contributed by atoms with van der Waals surface area (Å²) in [5, 5.41) is 10.4. The fraction of sp³-hybridized carbons (Fsp3) is 0.357. The molecule has 1 N–H and O–H groups in total. The van der Waals surface area contributed by atoms with Crippen molar-refractivity contribution in [2.24, 2.45) is 7.05 Å². The second-order valence-corrected chi connectivity index (χ2v) is 5.05. The number of fused-ring (bicyclic) bond motifs is 1. The van der Waals surface area contributed by atoms with Crippen LogP contribution in [0.1, 0.15) is 25.0 Å². The van der Waals surface area contributed by atoms with Crippen LogP contribution in [0, 0.1) is 6.92 Å². The number of hydrogen-bond acceptors (Lipinski definition) is 1. The van der Waals surface area contributed by atoms with Crippen LogP contribution in [0.4, 0.5) is 0 Å². The largest absolute Gasteiger partial charge is 0.481 e. The van der Waals surface area contributed by atoms with Crippen molar-refractivity contribution in [3.8, 4) is 0 Å². The molecule has 0 bridgehead atoms. The van der Waals surface area contributed by atoms with Crippen molar-refractivity contribution in [3.63, 3.8) is 0 Å². The summed E-state index contributed by atoms with van der Waals surface area (Å²) in [7, 11) is 1.96. The van der Waals surface area contributed by atoms with Gasteiger partial charge in [0, 0.05) is 18.6 Å². The first-order valence-corrected chi connectivity index (χ1v) is 5.64. The van der Waals surface area contributed by atoms with Gasteiger partial charge < -0.3 is 9.67 Å². The number of nitrogens with zero attached hydrogens (tertiary/aromatic N) is 1. The molecular weight excluding hydrogens is 214 g/mol. The minimum Gasteiger partial charge on any atom is -0.481 e. The zero-order valence-electron chi connectivity index (χ0n) is 10.6. The van der Waals surface area contributed by atoms with Crippen molar-refractivity contribution in [3.05, 3.63) is 35.5 Å². The topological polar surface area (TPSA) is 42.2 Å². The summed E-state index contributed by atoms with van der Waals surface area (Å²) in [5.41, 5.74) is 2.27. The number of aromatic nitrogens is 1. The Morgan fingerprint density at radius 3 is 2.59 bits per heavy atom. The SMILES string of the molecule is Cc1cccc2c(C(C)(C)C(=O)O)cn(C)c12. The first kappa shape index (κ1) is 11.7. The van der Waals surface area contributed by atoms with Gasteiger partial charge in [0.1, 0.15) is 0 Å². The lowest BCUT2D eigenvalue weighted by molar-refractivity contribution is -0.142. The molecule has 17 heavy (non-hydrogen) atoms. The lowest BCUT2D eigenvalue weighted by atomic mass is 9.84. The molecular formula is C14H17NO2. The second kappa shape index (κ2) is 3.62.